The van der Waals surface area contributed by atoms with E-state index in [0.29, 0.717) is 16.3 Å². The van der Waals surface area contributed by atoms with E-state index in [1.54, 1.807) is 54.6 Å². The lowest BCUT2D eigenvalue weighted by molar-refractivity contribution is -0.111. The van der Waals surface area contributed by atoms with E-state index in [2.05, 4.69) is 15.8 Å². The summed E-state index contributed by atoms with van der Waals surface area (Å²) in [5, 5.41) is 7.26. The molecule has 2 N–H and O–H groups in total. The van der Waals surface area contributed by atoms with E-state index in [0.717, 1.165) is 5.56 Å². The van der Waals surface area contributed by atoms with Crippen LogP contribution in [0.4, 0.5) is 5.69 Å². The number of carbonyl (C=O) groups is 3. The Labute approximate surface area is 234 Å². The zero-order valence-electron chi connectivity index (χ0n) is 20.3. The van der Waals surface area contributed by atoms with Crippen LogP contribution in [0, 0.1) is 0 Å². The quantitative estimate of drug-likeness (QED) is 0.0835. The maximum atomic E-state index is 12.8. The minimum Gasteiger partial charge on any atom is -0.422 e. The number of nitrogens with one attached hydrogen (secondary N) is 2. The molecule has 0 spiro atoms. The van der Waals surface area contributed by atoms with E-state index in [4.69, 9.17) is 27.9 Å². The standard InChI is InChI=1S/C30H21Cl2N3O4/c31-22-15-16-23(25(32)18-22)30(38)39-27-13-7-4-10-21(27)19-33-35-29(37)24-11-5-6-12-26(24)34-28(36)17-14-20-8-2-1-3-9-20/h1-19H,(H,34,36)(H,35,37)/b17-14+,33-19-. The van der Waals surface area contributed by atoms with Crippen LogP contribution < -0.4 is 15.5 Å². The van der Waals surface area contributed by atoms with Gasteiger partial charge in [-0.05, 0) is 54.1 Å². The van der Waals surface area contributed by atoms with Crippen molar-refractivity contribution in [3.05, 3.63) is 135 Å². The Morgan fingerprint density at radius 3 is 2.31 bits per heavy atom. The van der Waals surface area contributed by atoms with E-state index >= 15 is 0 Å². The van der Waals surface area contributed by atoms with Crippen molar-refractivity contribution >= 4 is 59.0 Å². The summed E-state index contributed by atoms with van der Waals surface area (Å²) < 4.78 is 5.49. The maximum Gasteiger partial charge on any atom is 0.345 e. The van der Waals surface area contributed by atoms with Crippen LogP contribution >= 0.6 is 23.2 Å². The summed E-state index contributed by atoms with van der Waals surface area (Å²) >= 11 is 12.0. The second kappa shape index (κ2) is 13.2. The third-order valence-corrected chi connectivity index (χ3v) is 5.85. The van der Waals surface area contributed by atoms with E-state index in [1.165, 1.54) is 30.5 Å². The summed E-state index contributed by atoms with van der Waals surface area (Å²) in [6, 6.07) is 27.0. The van der Waals surface area contributed by atoms with Crippen molar-refractivity contribution in [3.63, 3.8) is 0 Å². The van der Waals surface area contributed by atoms with Gasteiger partial charge >= 0.3 is 5.97 Å². The molecule has 0 fully saturated rings. The summed E-state index contributed by atoms with van der Waals surface area (Å²) in [6.45, 7) is 0. The molecule has 0 atom stereocenters. The Morgan fingerprint density at radius 1 is 0.795 bits per heavy atom. The molecule has 2 amide bonds. The van der Waals surface area contributed by atoms with Gasteiger partial charge in [-0.15, -0.1) is 0 Å². The highest BCUT2D eigenvalue weighted by atomic mass is 35.5. The zero-order chi connectivity index (χ0) is 27.6. The number of ether oxygens (including phenoxy) is 1. The number of hydrazone groups is 1. The normalized spacial score (nSPS) is 10.9. The van der Waals surface area contributed by atoms with Gasteiger partial charge < -0.3 is 10.1 Å². The van der Waals surface area contributed by atoms with Crippen LogP contribution in [0.25, 0.3) is 6.08 Å². The smallest absolute Gasteiger partial charge is 0.345 e. The fourth-order valence-corrected chi connectivity index (χ4v) is 3.90. The van der Waals surface area contributed by atoms with Crippen molar-refractivity contribution in [3.8, 4) is 5.75 Å². The van der Waals surface area contributed by atoms with Gasteiger partial charge in [-0.25, -0.2) is 10.2 Å². The Bertz CT molecular complexity index is 1570. The van der Waals surface area contributed by atoms with Crippen LogP contribution in [0.15, 0.2) is 108 Å². The van der Waals surface area contributed by atoms with Gasteiger partial charge in [0.1, 0.15) is 5.75 Å². The molecule has 0 bridgehead atoms. The number of amides is 2. The van der Waals surface area contributed by atoms with Crippen LogP contribution in [-0.4, -0.2) is 24.0 Å². The van der Waals surface area contributed by atoms with E-state index in [9.17, 15) is 14.4 Å². The number of carbonyl (C=O) groups excluding carboxylic acids is 3. The van der Waals surface area contributed by atoms with Gasteiger partial charge in [-0.2, -0.15) is 5.10 Å². The Kier molecular flexibility index (Phi) is 9.24. The molecule has 7 nitrogen and oxygen atoms in total. The van der Waals surface area contributed by atoms with Crippen LogP contribution in [0.1, 0.15) is 31.8 Å². The number of para-hydroxylation sites is 2. The molecule has 0 aliphatic heterocycles. The van der Waals surface area contributed by atoms with Crippen LogP contribution in [0.5, 0.6) is 5.75 Å². The second-order valence-electron chi connectivity index (χ2n) is 8.03. The van der Waals surface area contributed by atoms with Gasteiger partial charge in [0, 0.05) is 16.7 Å². The monoisotopic (exact) mass is 557 g/mol. The first-order valence-corrected chi connectivity index (χ1v) is 12.4. The lowest BCUT2D eigenvalue weighted by Crippen LogP contribution is -2.20. The lowest BCUT2D eigenvalue weighted by Gasteiger charge is -2.09. The SMILES string of the molecule is O=C(/C=C/c1ccccc1)Nc1ccccc1C(=O)N/N=C\c1ccccc1OC(=O)c1ccc(Cl)cc1Cl. The van der Waals surface area contributed by atoms with Crippen molar-refractivity contribution in [2.45, 2.75) is 0 Å². The molecule has 0 aliphatic carbocycles. The first kappa shape index (κ1) is 27.3. The lowest BCUT2D eigenvalue weighted by atomic mass is 10.1. The highest BCUT2D eigenvalue weighted by Gasteiger charge is 2.15. The van der Waals surface area contributed by atoms with Crippen molar-refractivity contribution in [2.75, 3.05) is 5.32 Å². The number of nitrogens with zero attached hydrogens (tertiary/aromatic N) is 1. The molecule has 0 aromatic heterocycles. The van der Waals surface area contributed by atoms with Crippen molar-refractivity contribution in [2.24, 2.45) is 5.10 Å². The molecule has 9 heteroatoms. The van der Waals surface area contributed by atoms with Gasteiger partial charge in [0.15, 0.2) is 0 Å². The van der Waals surface area contributed by atoms with E-state index < -0.39 is 11.9 Å². The Hall–Kier alpha value is -4.72. The first-order chi connectivity index (χ1) is 18.9. The van der Waals surface area contributed by atoms with Crippen LogP contribution in [0.3, 0.4) is 0 Å². The molecule has 0 aliphatic rings. The Balaban J connectivity index is 1.42. The average molecular weight is 558 g/mol. The molecular weight excluding hydrogens is 537 g/mol. The molecule has 0 heterocycles. The molecule has 0 saturated heterocycles. The fraction of sp³-hybridized carbons (Fsp3) is 0. The second-order valence-corrected chi connectivity index (χ2v) is 8.87. The van der Waals surface area contributed by atoms with Gasteiger partial charge in [-0.1, -0.05) is 77.8 Å². The molecule has 4 rings (SSSR count). The van der Waals surface area contributed by atoms with Crippen LogP contribution in [-0.2, 0) is 4.79 Å². The predicted octanol–water partition coefficient (Wildman–Crippen LogP) is 6.63. The summed E-state index contributed by atoms with van der Waals surface area (Å²) in [7, 11) is 0. The Morgan fingerprint density at radius 2 is 1.51 bits per heavy atom. The summed E-state index contributed by atoms with van der Waals surface area (Å²) in [4.78, 5) is 37.8. The van der Waals surface area contributed by atoms with Crippen LogP contribution in [0.2, 0.25) is 10.0 Å². The van der Waals surface area contributed by atoms with Crippen molar-refractivity contribution in [1.82, 2.24) is 5.43 Å². The maximum absolute atomic E-state index is 12.8. The van der Waals surface area contributed by atoms with E-state index in [-0.39, 0.29) is 27.8 Å². The topological polar surface area (TPSA) is 96.9 Å². The number of esters is 1. The molecule has 0 saturated carbocycles. The third-order valence-electron chi connectivity index (χ3n) is 5.30. The van der Waals surface area contributed by atoms with Gasteiger partial charge in [0.25, 0.3) is 5.91 Å². The van der Waals surface area contributed by atoms with Gasteiger partial charge in [0.2, 0.25) is 5.91 Å². The predicted molar refractivity (Wildman–Crippen MR) is 153 cm³/mol. The van der Waals surface area contributed by atoms with E-state index in [1.807, 2.05) is 30.3 Å². The number of anilines is 1. The number of hydrogen-bond acceptors (Lipinski definition) is 5. The molecule has 4 aromatic carbocycles. The van der Waals surface area contributed by atoms with Gasteiger partial charge in [-0.3, -0.25) is 9.59 Å². The number of hydrogen-bond donors (Lipinski definition) is 2. The molecule has 194 valence electrons. The van der Waals surface area contributed by atoms with Gasteiger partial charge in [0.05, 0.1) is 28.1 Å². The highest BCUT2D eigenvalue weighted by Crippen LogP contribution is 2.24. The molecule has 4 aromatic rings. The minimum atomic E-state index is -0.674. The first-order valence-electron chi connectivity index (χ1n) is 11.6. The zero-order valence-corrected chi connectivity index (χ0v) is 21.8. The molecule has 0 radical (unpaired) electrons. The third kappa shape index (κ3) is 7.64. The number of halogens is 2. The average Bonchev–Trinajstić information content (AvgIpc) is 2.93. The number of rotatable bonds is 8. The molecular formula is C30H21Cl2N3O4. The summed E-state index contributed by atoms with van der Waals surface area (Å²) in [5.41, 5.74) is 4.42. The summed E-state index contributed by atoms with van der Waals surface area (Å²) in [6.07, 6.45) is 4.40. The van der Waals surface area contributed by atoms with Crippen molar-refractivity contribution in [1.29, 1.82) is 0 Å². The summed E-state index contributed by atoms with van der Waals surface area (Å²) in [5.74, 6) is -1.40. The molecule has 0 unspecified atom stereocenters. The number of benzene rings is 4. The van der Waals surface area contributed by atoms with Crippen molar-refractivity contribution < 1.29 is 19.1 Å². The largest absolute Gasteiger partial charge is 0.422 e. The molecule has 39 heavy (non-hydrogen) atoms. The highest BCUT2D eigenvalue weighted by molar-refractivity contribution is 6.36. The minimum absolute atomic E-state index is 0.151. The fourth-order valence-electron chi connectivity index (χ4n) is 3.41.